The number of fused-ring (bicyclic) bond motifs is 2. The van der Waals surface area contributed by atoms with E-state index in [1.54, 1.807) is 6.07 Å². The number of esters is 2. The average molecular weight is 484 g/mol. The Labute approximate surface area is 171 Å². The summed E-state index contributed by atoms with van der Waals surface area (Å²) >= 11 is 2.02. The molecule has 1 aromatic rings. The van der Waals surface area contributed by atoms with Gasteiger partial charge in [-0.3, -0.25) is 9.59 Å². The van der Waals surface area contributed by atoms with Gasteiger partial charge in [-0.1, -0.05) is 25.5 Å². The van der Waals surface area contributed by atoms with Gasteiger partial charge in [0.25, 0.3) is 0 Å². The van der Waals surface area contributed by atoms with Crippen LogP contribution in [0.2, 0.25) is 0 Å². The molecule has 0 spiro atoms. The van der Waals surface area contributed by atoms with Crippen LogP contribution in [0.5, 0.6) is 5.75 Å². The van der Waals surface area contributed by atoms with Gasteiger partial charge in [-0.25, -0.2) is 4.79 Å². The lowest BCUT2D eigenvalue weighted by Gasteiger charge is -2.25. The monoisotopic (exact) mass is 484 g/mol. The van der Waals surface area contributed by atoms with E-state index in [1.807, 2.05) is 41.7 Å². The molecule has 0 amide bonds. The Morgan fingerprint density at radius 2 is 1.81 bits per heavy atom. The third-order valence-corrected chi connectivity index (χ3v) is 5.80. The molecule has 1 aromatic carbocycles. The molecule has 2 bridgehead atoms. The number of ether oxygens (including phenoxy) is 2. The molecular weight excluding hydrogens is 463 g/mol. The van der Waals surface area contributed by atoms with Crippen LogP contribution in [0, 0.1) is 27.2 Å². The first-order valence-electron chi connectivity index (χ1n) is 9.01. The zero-order valence-electron chi connectivity index (χ0n) is 14.9. The van der Waals surface area contributed by atoms with E-state index in [-0.39, 0.29) is 29.1 Å². The zero-order chi connectivity index (χ0) is 19.6. The highest BCUT2D eigenvalue weighted by Crippen LogP contribution is 2.49. The van der Waals surface area contributed by atoms with Gasteiger partial charge in [-0.15, -0.1) is 0 Å². The molecule has 27 heavy (non-hydrogen) atoms. The predicted molar refractivity (Wildman–Crippen MR) is 105 cm³/mol. The van der Waals surface area contributed by atoms with Crippen LogP contribution >= 0.6 is 22.6 Å². The van der Waals surface area contributed by atoms with Gasteiger partial charge in [0.1, 0.15) is 11.3 Å². The summed E-state index contributed by atoms with van der Waals surface area (Å²) in [7, 11) is 0. The number of carbonyl (C=O) groups excluding carboxylic acids is 2. The van der Waals surface area contributed by atoms with Gasteiger partial charge in [0.15, 0.2) is 0 Å². The van der Waals surface area contributed by atoms with Crippen LogP contribution in [0.25, 0.3) is 0 Å². The fourth-order valence-corrected chi connectivity index (χ4v) is 4.27. The molecule has 7 heteroatoms. The Bertz CT molecular complexity index is 787. The molecule has 2 aliphatic rings. The van der Waals surface area contributed by atoms with Gasteiger partial charge in [0, 0.05) is 3.57 Å². The standard InChI is InChI=1S/C20H21IO6/c1-2-3-8-26-19(24)16-11-4-5-12(9-11)17(16)20(25)27-15-10-13(21)6-7-14(15)18(22)23/h4-7,10-12,16-17H,2-3,8-9H2,1H3,(H,22,23). The summed E-state index contributed by atoms with van der Waals surface area (Å²) in [6, 6.07) is 4.55. The van der Waals surface area contributed by atoms with Crippen molar-refractivity contribution in [3.8, 4) is 5.75 Å². The summed E-state index contributed by atoms with van der Waals surface area (Å²) < 4.78 is 11.6. The molecule has 0 aliphatic heterocycles. The molecule has 0 aromatic heterocycles. The predicted octanol–water partition coefficient (Wildman–Crippen LogP) is 3.68. The fraction of sp³-hybridized carbons (Fsp3) is 0.450. The molecule has 4 unspecified atom stereocenters. The summed E-state index contributed by atoms with van der Waals surface area (Å²) in [5, 5.41) is 9.32. The van der Waals surface area contributed by atoms with Crippen molar-refractivity contribution < 1.29 is 29.0 Å². The van der Waals surface area contributed by atoms with E-state index >= 15 is 0 Å². The molecule has 1 N–H and O–H groups in total. The minimum absolute atomic E-state index is 0.00394. The van der Waals surface area contributed by atoms with Crippen molar-refractivity contribution in [2.45, 2.75) is 26.2 Å². The lowest BCUT2D eigenvalue weighted by atomic mass is 9.83. The van der Waals surface area contributed by atoms with Crippen LogP contribution in [-0.4, -0.2) is 29.6 Å². The number of carboxylic acids is 1. The molecule has 4 atom stereocenters. The summed E-state index contributed by atoms with van der Waals surface area (Å²) in [6.07, 6.45) is 6.32. The number of benzene rings is 1. The van der Waals surface area contributed by atoms with Gasteiger partial charge in [0.05, 0.1) is 18.4 Å². The van der Waals surface area contributed by atoms with E-state index in [0.29, 0.717) is 13.0 Å². The SMILES string of the molecule is CCCCOC(=O)C1C2C=CC(C2)C1C(=O)Oc1cc(I)ccc1C(=O)O. The number of halogens is 1. The topological polar surface area (TPSA) is 89.9 Å². The van der Waals surface area contributed by atoms with Crippen molar-refractivity contribution in [3.05, 3.63) is 39.5 Å². The van der Waals surface area contributed by atoms with Crippen LogP contribution in [0.15, 0.2) is 30.4 Å². The first-order valence-corrected chi connectivity index (χ1v) is 10.1. The number of carbonyl (C=O) groups is 3. The molecule has 6 nitrogen and oxygen atoms in total. The fourth-order valence-electron chi connectivity index (χ4n) is 3.81. The van der Waals surface area contributed by atoms with Crippen molar-refractivity contribution >= 4 is 40.5 Å². The molecule has 2 aliphatic carbocycles. The average Bonchev–Trinajstić information content (AvgIpc) is 3.22. The number of rotatable bonds is 7. The number of hydrogen-bond donors (Lipinski definition) is 1. The lowest BCUT2D eigenvalue weighted by Crippen LogP contribution is -2.36. The van der Waals surface area contributed by atoms with Crippen LogP contribution in [-0.2, 0) is 14.3 Å². The number of allylic oxidation sites excluding steroid dienone is 2. The second kappa shape index (κ2) is 8.41. The Hall–Kier alpha value is -1.90. The molecule has 0 saturated heterocycles. The van der Waals surface area contributed by atoms with E-state index in [1.165, 1.54) is 12.1 Å². The summed E-state index contributed by atoms with van der Waals surface area (Å²) in [4.78, 5) is 36.8. The third-order valence-electron chi connectivity index (χ3n) is 5.13. The number of unbranched alkanes of at least 4 members (excludes halogenated alkanes) is 1. The first kappa shape index (κ1) is 19.9. The molecular formula is C20H21IO6. The Kier molecular flexibility index (Phi) is 6.18. The summed E-state index contributed by atoms with van der Waals surface area (Å²) in [6.45, 7) is 2.35. The molecule has 1 saturated carbocycles. The molecule has 3 rings (SSSR count). The minimum atomic E-state index is -1.17. The van der Waals surface area contributed by atoms with Gasteiger partial charge in [0.2, 0.25) is 0 Å². The smallest absolute Gasteiger partial charge is 0.339 e. The second-order valence-electron chi connectivity index (χ2n) is 6.89. The quantitative estimate of drug-likeness (QED) is 0.209. The van der Waals surface area contributed by atoms with Crippen molar-refractivity contribution in [2.24, 2.45) is 23.7 Å². The van der Waals surface area contributed by atoms with Gasteiger partial charge < -0.3 is 14.6 Å². The normalized spacial score (nSPS) is 25.4. The third kappa shape index (κ3) is 4.17. The highest BCUT2D eigenvalue weighted by Gasteiger charge is 2.53. The van der Waals surface area contributed by atoms with E-state index in [9.17, 15) is 19.5 Å². The van der Waals surface area contributed by atoms with Gasteiger partial charge >= 0.3 is 17.9 Å². The maximum absolute atomic E-state index is 12.9. The van der Waals surface area contributed by atoms with E-state index in [4.69, 9.17) is 9.47 Å². The second-order valence-corrected chi connectivity index (χ2v) is 8.13. The molecule has 1 fully saturated rings. The lowest BCUT2D eigenvalue weighted by molar-refractivity contribution is -0.157. The van der Waals surface area contributed by atoms with Crippen LogP contribution < -0.4 is 4.74 Å². The van der Waals surface area contributed by atoms with Crippen molar-refractivity contribution in [1.82, 2.24) is 0 Å². The molecule has 0 heterocycles. The zero-order valence-corrected chi connectivity index (χ0v) is 17.0. The van der Waals surface area contributed by atoms with Gasteiger partial charge in [-0.05, 0) is 65.5 Å². The minimum Gasteiger partial charge on any atom is -0.478 e. The Morgan fingerprint density at radius 3 is 2.44 bits per heavy atom. The Morgan fingerprint density at radius 1 is 1.15 bits per heavy atom. The summed E-state index contributed by atoms with van der Waals surface area (Å²) in [5.41, 5.74) is -0.0791. The van der Waals surface area contributed by atoms with E-state index in [2.05, 4.69) is 0 Å². The highest BCUT2D eigenvalue weighted by atomic mass is 127. The highest BCUT2D eigenvalue weighted by molar-refractivity contribution is 14.1. The van der Waals surface area contributed by atoms with Crippen molar-refractivity contribution in [3.63, 3.8) is 0 Å². The first-order chi connectivity index (χ1) is 12.9. The van der Waals surface area contributed by atoms with E-state index in [0.717, 1.165) is 16.4 Å². The summed E-state index contributed by atoms with van der Waals surface area (Å²) in [5.74, 6) is -3.44. The van der Waals surface area contributed by atoms with Crippen molar-refractivity contribution in [1.29, 1.82) is 0 Å². The number of carboxylic acid groups (broad SMARTS) is 1. The van der Waals surface area contributed by atoms with Crippen LogP contribution in [0.1, 0.15) is 36.5 Å². The molecule has 0 radical (unpaired) electrons. The van der Waals surface area contributed by atoms with E-state index < -0.39 is 23.8 Å². The van der Waals surface area contributed by atoms with Crippen LogP contribution in [0.3, 0.4) is 0 Å². The maximum atomic E-state index is 12.9. The van der Waals surface area contributed by atoms with Crippen LogP contribution in [0.4, 0.5) is 0 Å². The Balaban J connectivity index is 1.79. The molecule has 144 valence electrons. The maximum Gasteiger partial charge on any atom is 0.339 e. The number of hydrogen-bond acceptors (Lipinski definition) is 5. The largest absolute Gasteiger partial charge is 0.478 e. The van der Waals surface area contributed by atoms with Gasteiger partial charge in [-0.2, -0.15) is 0 Å². The number of aromatic carboxylic acids is 1. The van der Waals surface area contributed by atoms with Crippen molar-refractivity contribution in [2.75, 3.05) is 6.61 Å².